The van der Waals surface area contributed by atoms with Crippen molar-refractivity contribution in [3.8, 4) is 5.75 Å². The monoisotopic (exact) mass is 374 g/mol. The van der Waals surface area contributed by atoms with E-state index in [1.165, 1.54) is 54.1 Å². The summed E-state index contributed by atoms with van der Waals surface area (Å²) in [4.78, 5) is 7.87. The molecule has 1 aliphatic carbocycles. The third-order valence-corrected chi connectivity index (χ3v) is 5.96. The number of fused-ring (bicyclic) bond motifs is 3. The predicted octanol–water partition coefficient (Wildman–Crippen LogP) is 5.64. The van der Waals surface area contributed by atoms with Crippen molar-refractivity contribution in [2.24, 2.45) is 0 Å². The fourth-order valence-electron chi connectivity index (χ4n) is 4.57. The zero-order valence-corrected chi connectivity index (χ0v) is 16.2. The lowest BCUT2D eigenvalue weighted by Gasteiger charge is -2.27. The Morgan fingerprint density at radius 3 is 2.75 bits per heavy atom. The molecule has 0 unspecified atom stereocenters. The summed E-state index contributed by atoms with van der Waals surface area (Å²) in [6.45, 7) is 0.795. The smallest absolute Gasteiger partial charge is 0.139 e. The summed E-state index contributed by atoms with van der Waals surface area (Å²) >= 11 is 0. The minimum absolute atomic E-state index is 0.569. The summed E-state index contributed by atoms with van der Waals surface area (Å²) in [7, 11) is 1.70. The molecule has 0 saturated heterocycles. The van der Waals surface area contributed by atoms with Gasteiger partial charge in [-0.15, -0.1) is 0 Å². The molecule has 5 nitrogen and oxygen atoms in total. The van der Waals surface area contributed by atoms with Crippen LogP contribution in [0.5, 0.6) is 5.75 Å². The highest BCUT2D eigenvalue weighted by Crippen LogP contribution is 2.36. The second-order valence-electron chi connectivity index (χ2n) is 7.68. The topological polar surface area (TPSA) is 54.9 Å². The van der Waals surface area contributed by atoms with Crippen LogP contribution in [0, 0.1) is 0 Å². The van der Waals surface area contributed by atoms with Gasteiger partial charge in [0.1, 0.15) is 11.4 Å². The average Bonchev–Trinajstić information content (AvgIpc) is 3.37. The minimum Gasteiger partial charge on any atom is -0.497 e. The molecule has 1 aromatic carbocycles. The zero-order valence-electron chi connectivity index (χ0n) is 16.2. The number of ether oxygens (including phenoxy) is 1. The fourth-order valence-corrected chi connectivity index (χ4v) is 4.57. The molecule has 5 rings (SSSR count). The highest BCUT2D eigenvalue weighted by Gasteiger charge is 2.22. The van der Waals surface area contributed by atoms with Crippen LogP contribution in [-0.4, -0.2) is 21.6 Å². The lowest BCUT2D eigenvalue weighted by Crippen LogP contribution is -2.16. The highest BCUT2D eigenvalue weighted by molar-refractivity contribution is 6.03. The minimum atomic E-state index is 0.569. The average molecular weight is 374 g/mol. The van der Waals surface area contributed by atoms with E-state index in [1.54, 1.807) is 7.11 Å². The first-order valence-corrected chi connectivity index (χ1v) is 10.2. The molecular weight excluding hydrogens is 348 g/mol. The number of nitrogens with zero attached hydrogens (tertiary/aromatic N) is 2. The Balaban J connectivity index is 1.54. The van der Waals surface area contributed by atoms with E-state index in [9.17, 15) is 0 Å². The third kappa shape index (κ3) is 3.01. The van der Waals surface area contributed by atoms with E-state index in [0.29, 0.717) is 6.04 Å². The van der Waals surface area contributed by atoms with Gasteiger partial charge in [0.05, 0.1) is 19.2 Å². The van der Waals surface area contributed by atoms with Crippen molar-refractivity contribution in [2.75, 3.05) is 12.4 Å². The van der Waals surface area contributed by atoms with E-state index >= 15 is 0 Å². The fraction of sp³-hybridized carbons (Fsp3) is 0.348. The van der Waals surface area contributed by atoms with Crippen LogP contribution in [0.25, 0.3) is 21.9 Å². The number of anilines is 1. The molecule has 0 atom stereocenters. The Kier molecular flexibility index (Phi) is 4.43. The molecule has 4 aromatic rings. The van der Waals surface area contributed by atoms with Gasteiger partial charge in [-0.2, -0.15) is 0 Å². The Labute approximate surface area is 164 Å². The van der Waals surface area contributed by atoms with Gasteiger partial charge in [-0.25, -0.2) is 4.98 Å². The van der Waals surface area contributed by atoms with Gasteiger partial charge in [-0.1, -0.05) is 19.3 Å². The van der Waals surface area contributed by atoms with Gasteiger partial charge >= 0.3 is 0 Å². The Morgan fingerprint density at radius 2 is 1.96 bits per heavy atom. The second kappa shape index (κ2) is 7.23. The lowest BCUT2D eigenvalue weighted by atomic mass is 9.95. The molecule has 1 aliphatic rings. The SMILES string of the molecule is COc1ccc(NCc2cc3cnc4[nH]ccc4c3n2C2CCCCC2)cc1. The molecule has 0 bridgehead atoms. The predicted molar refractivity (Wildman–Crippen MR) is 114 cm³/mol. The number of hydrogen-bond acceptors (Lipinski definition) is 3. The van der Waals surface area contributed by atoms with Crippen LogP contribution in [0.2, 0.25) is 0 Å². The van der Waals surface area contributed by atoms with Crippen molar-refractivity contribution in [2.45, 2.75) is 44.7 Å². The van der Waals surface area contributed by atoms with Gasteiger partial charge in [0.2, 0.25) is 0 Å². The number of aromatic nitrogens is 3. The molecule has 0 aliphatic heterocycles. The highest BCUT2D eigenvalue weighted by atomic mass is 16.5. The van der Waals surface area contributed by atoms with E-state index in [4.69, 9.17) is 4.74 Å². The lowest BCUT2D eigenvalue weighted by molar-refractivity contribution is 0.355. The van der Waals surface area contributed by atoms with Crippen molar-refractivity contribution < 1.29 is 4.74 Å². The van der Waals surface area contributed by atoms with Gasteiger partial charge in [-0.05, 0) is 49.2 Å². The first-order chi connectivity index (χ1) is 13.8. The third-order valence-electron chi connectivity index (χ3n) is 5.96. The second-order valence-corrected chi connectivity index (χ2v) is 7.68. The van der Waals surface area contributed by atoms with Crippen molar-refractivity contribution in [1.82, 2.24) is 14.5 Å². The summed E-state index contributed by atoms with van der Waals surface area (Å²) < 4.78 is 7.85. The van der Waals surface area contributed by atoms with Crippen LogP contribution in [0.1, 0.15) is 43.8 Å². The van der Waals surface area contributed by atoms with Gasteiger partial charge in [-0.3, -0.25) is 0 Å². The number of aromatic amines is 1. The number of benzene rings is 1. The standard InChI is InChI=1S/C23H26N4O/c1-28-20-9-7-17(8-10-20)25-15-19-13-16-14-26-23-21(11-12-24-23)22(16)27(19)18-5-3-2-4-6-18/h7-14,18,25H,2-6,15H2,1H3,(H,24,26). The number of hydrogen-bond donors (Lipinski definition) is 2. The first-order valence-electron chi connectivity index (χ1n) is 10.2. The van der Waals surface area contributed by atoms with Gasteiger partial charge in [0.15, 0.2) is 0 Å². The van der Waals surface area contributed by atoms with Crippen molar-refractivity contribution in [3.63, 3.8) is 0 Å². The van der Waals surface area contributed by atoms with E-state index in [-0.39, 0.29) is 0 Å². The molecule has 1 saturated carbocycles. The molecule has 144 valence electrons. The maximum Gasteiger partial charge on any atom is 0.139 e. The Morgan fingerprint density at radius 1 is 1.14 bits per heavy atom. The van der Waals surface area contributed by atoms with Crippen LogP contribution in [-0.2, 0) is 6.54 Å². The molecule has 3 aromatic heterocycles. The van der Waals surface area contributed by atoms with Crippen LogP contribution >= 0.6 is 0 Å². The summed E-state index contributed by atoms with van der Waals surface area (Å²) in [5.74, 6) is 0.878. The number of nitrogens with one attached hydrogen (secondary N) is 2. The van der Waals surface area contributed by atoms with Gasteiger partial charge in [0, 0.05) is 40.6 Å². The molecule has 28 heavy (non-hydrogen) atoms. The van der Waals surface area contributed by atoms with Gasteiger partial charge < -0.3 is 19.6 Å². The number of rotatable bonds is 5. The van der Waals surface area contributed by atoms with E-state index in [2.05, 4.69) is 44.1 Å². The molecule has 5 heteroatoms. The largest absolute Gasteiger partial charge is 0.497 e. The molecule has 1 fully saturated rings. The quantitative estimate of drug-likeness (QED) is 0.475. The summed E-state index contributed by atoms with van der Waals surface area (Å²) in [5.41, 5.74) is 4.72. The number of H-pyrrole nitrogens is 1. The zero-order chi connectivity index (χ0) is 18.9. The van der Waals surface area contributed by atoms with Crippen molar-refractivity contribution in [3.05, 3.63) is 54.5 Å². The molecule has 0 amide bonds. The molecule has 0 radical (unpaired) electrons. The molecular formula is C23H26N4O. The van der Waals surface area contributed by atoms with E-state index in [0.717, 1.165) is 23.6 Å². The van der Waals surface area contributed by atoms with Gasteiger partial charge in [0.25, 0.3) is 0 Å². The Hall–Kier alpha value is -2.95. The van der Waals surface area contributed by atoms with Crippen molar-refractivity contribution in [1.29, 1.82) is 0 Å². The molecule has 0 spiro atoms. The summed E-state index contributed by atoms with van der Waals surface area (Å²) in [5, 5.41) is 6.04. The maximum atomic E-state index is 5.26. The first kappa shape index (κ1) is 17.2. The van der Waals surface area contributed by atoms with Crippen LogP contribution in [0.4, 0.5) is 5.69 Å². The van der Waals surface area contributed by atoms with E-state index < -0.39 is 0 Å². The number of methoxy groups -OCH3 is 1. The summed E-state index contributed by atoms with van der Waals surface area (Å²) in [6.07, 6.45) is 10.5. The van der Waals surface area contributed by atoms with E-state index in [1.807, 2.05) is 24.5 Å². The van der Waals surface area contributed by atoms with Crippen LogP contribution in [0.3, 0.4) is 0 Å². The summed E-state index contributed by atoms with van der Waals surface area (Å²) in [6, 6.07) is 13.2. The van der Waals surface area contributed by atoms with Crippen molar-refractivity contribution >= 4 is 27.6 Å². The Bertz CT molecular complexity index is 1090. The molecule has 3 heterocycles. The number of pyridine rings is 1. The maximum absolute atomic E-state index is 5.26. The normalized spacial score (nSPS) is 15.3. The van der Waals surface area contributed by atoms with Crippen LogP contribution < -0.4 is 10.1 Å². The van der Waals surface area contributed by atoms with Crippen LogP contribution in [0.15, 0.2) is 48.8 Å². The molecule has 2 N–H and O–H groups in total.